The lowest BCUT2D eigenvalue weighted by Gasteiger charge is -2.16. The van der Waals surface area contributed by atoms with Crippen LogP contribution in [-0.2, 0) is 9.59 Å². The molecule has 0 unspecified atom stereocenters. The molecule has 0 aromatic heterocycles. The Morgan fingerprint density at radius 3 is 2.15 bits per heavy atom. The van der Waals surface area contributed by atoms with Crippen molar-refractivity contribution in [2.24, 2.45) is 0 Å². The maximum atomic E-state index is 14.5. The molecule has 2 amide bonds. The van der Waals surface area contributed by atoms with Gasteiger partial charge in [-0.3, -0.25) is 9.59 Å². The standard InChI is InChI=1S/C25H19F3N2O3/c1-14(2)33-17-10-7-15(8-11-17)22-23(29-16-9-12-18(26)20(28)13-16)25(32)30(24(22)31)21-6-4-3-5-19(21)27/h3-14,29H,1-2H3. The van der Waals surface area contributed by atoms with Crippen molar-refractivity contribution in [1.82, 2.24) is 0 Å². The average Bonchev–Trinajstić information content (AvgIpc) is 3.01. The molecule has 1 aliphatic heterocycles. The Balaban J connectivity index is 1.80. The molecule has 0 saturated carbocycles. The molecule has 33 heavy (non-hydrogen) atoms. The Labute approximate surface area is 188 Å². The molecule has 0 bridgehead atoms. The highest BCUT2D eigenvalue weighted by Gasteiger charge is 2.41. The Morgan fingerprint density at radius 1 is 0.818 bits per heavy atom. The van der Waals surface area contributed by atoms with E-state index in [1.54, 1.807) is 24.3 Å². The summed E-state index contributed by atoms with van der Waals surface area (Å²) < 4.78 is 47.1. The predicted molar refractivity (Wildman–Crippen MR) is 118 cm³/mol. The van der Waals surface area contributed by atoms with Gasteiger partial charge in [0.15, 0.2) is 11.6 Å². The van der Waals surface area contributed by atoms with Crippen LogP contribution in [0.1, 0.15) is 19.4 Å². The van der Waals surface area contributed by atoms with E-state index in [1.807, 2.05) is 13.8 Å². The van der Waals surface area contributed by atoms with Crippen molar-refractivity contribution < 1.29 is 27.5 Å². The highest BCUT2D eigenvalue weighted by atomic mass is 19.2. The SMILES string of the molecule is CC(C)Oc1ccc(C2=C(Nc3ccc(F)c(F)c3)C(=O)N(c3ccccc3F)C2=O)cc1. The third-order valence-electron chi connectivity index (χ3n) is 4.88. The van der Waals surface area contributed by atoms with E-state index in [2.05, 4.69) is 5.32 Å². The van der Waals surface area contributed by atoms with E-state index in [9.17, 15) is 22.8 Å². The number of anilines is 2. The molecule has 168 valence electrons. The molecule has 0 fully saturated rings. The fourth-order valence-corrected chi connectivity index (χ4v) is 3.46. The summed E-state index contributed by atoms with van der Waals surface area (Å²) in [6.07, 6.45) is -0.0631. The predicted octanol–water partition coefficient (Wildman–Crippen LogP) is 5.29. The molecule has 3 aromatic rings. The number of imide groups is 1. The van der Waals surface area contributed by atoms with Gasteiger partial charge in [-0.1, -0.05) is 24.3 Å². The van der Waals surface area contributed by atoms with Crippen molar-refractivity contribution >= 4 is 28.8 Å². The first-order valence-corrected chi connectivity index (χ1v) is 10.1. The van der Waals surface area contributed by atoms with Crippen molar-refractivity contribution in [1.29, 1.82) is 0 Å². The Bertz CT molecular complexity index is 1270. The van der Waals surface area contributed by atoms with Gasteiger partial charge in [0.05, 0.1) is 17.4 Å². The highest BCUT2D eigenvalue weighted by molar-refractivity contribution is 6.46. The minimum atomic E-state index is -1.12. The first kappa shape index (κ1) is 22.1. The van der Waals surface area contributed by atoms with E-state index >= 15 is 0 Å². The number of hydrogen-bond acceptors (Lipinski definition) is 4. The monoisotopic (exact) mass is 452 g/mol. The van der Waals surface area contributed by atoms with E-state index in [0.717, 1.165) is 18.2 Å². The number of hydrogen-bond donors (Lipinski definition) is 1. The second-order valence-corrected chi connectivity index (χ2v) is 7.59. The molecule has 1 N–H and O–H groups in total. The molecule has 8 heteroatoms. The van der Waals surface area contributed by atoms with Crippen LogP contribution in [0.15, 0.2) is 72.4 Å². The summed E-state index contributed by atoms with van der Waals surface area (Å²) in [4.78, 5) is 27.3. The highest BCUT2D eigenvalue weighted by Crippen LogP contribution is 2.35. The van der Waals surface area contributed by atoms with Crippen molar-refractivity contribution in [3.8, 4) is 5.75 Å². The van der Waals surface area contributed by atoms with Gasteiger partial charge in [-0.05, 0) is 55.8 Å². The summed E-state index contributed by atoms with van der Waals surface area (Å²) in [7, 11) is 0. The van der Waals surface area contributed by atoms with Gasteiger partial charge in [0.2, 0.25) is 0 Å². The molecular weight excluding hydrogens is 433 g/mol. The fraction of sp³-hybridized carbons (Fsp3) is 0.120. The third kappa shape index (κ3) is 4.32. The summed E-state index contributed by atoms with van der Waals surface area (Å²) in [5.41, 5.74) is -0.0196. The summed E-state index contributed by atoms with van der Waals surface area (Å²) in [6.45, 7) is 3.73. The minimum Gasteiger partial charge on any atom is -0.491 e. The lowest BCUT2D eigenvalue weighted by molar-refractivity contribution is -0.120. The average molecular weight is 452 g/mol. The smallest absolute Gasteiger partial charge is 0.282 e. The van der Waals surface area contributed by atoms with Crippen molar-refractivity contribution in [3.05, 3.63) is 95.4 Å². The van der Waals surface area contributed by atoms with Gasteiger partial charge in [-0.15, -0.1) is 0 Å². The molecule has 1 heterocycles. The zero-order chi connectivity index (χ0) is 23.7. The number of ether oxygens (including phenoxy) is 1. The molecule has 1 aliphatic rings. The van der Waals surface area contributed by atoms with Gasteiger partial charge in [0.1, 0.15) is 17.3 Å². The van der Waals surface area contributed by atoms with Crippen LogP contribution in [0.25, 0.3) is 5.57 Å². The number of rotatable bonds is 6. The number of benzene rings is 3. The molecule has 0 aliphatic carbocycles. The van der Waals surface area contributed by atoms with Crippen molar-refractivity contribution in [3.63, 3.8) is 0 Å². The summed E-state index contributed by atoms with van der Waals surface area (Å²) in [5, 5.41) is 2.71. The number of nitrogens with one attached hydrogen (secondary N) is 1. The number of halogens is 3. The van der Waals surface area contributed by atoms with Crippen LogP contribution in [-0.4, -0.2) is 17.9 Å². The van der Waals surface area contributed by atoms with Gasteiger partial charge in [-0.2, -0.15) is 0 Å². The van der Waals surface area contributed by atoms with E-state index in [1.165, 1.54) is 24.3 Å². The van der Waals surface area contributed by atoms with Crippen LogP contribution in [0, 0.1) is 17.5 Å². The normalized spacial score (nSPS) is 13.8. The number of nitrogens with zero attached hydrogens (tertiary/aromatic N) is 1. The molecular formula is C25H19F3N2O3. The second-order valence-electron chi connectivity index (χ2n) is 7.59. The quantitative estimate of drug-likeness (QED) is 0.517. The van der Waals surface area contributed by atoms with Crippen molar-refractivity contribution in [2.75, 3.05) is 10.2 Å². The molecule has 3 aromatic carbocycles. The third-order valence-corrected chi connectivity index (χ3v) is 4.88. The molecule has 0 atom stereocenters. The first-order chi connectivity index (χ1) is 15.8. The first-order valence-electron chi connectivity index (χ1n) is 10.1. The van der Waals surface area contributed by atoms with Gasteiger partial charge < -0.3 is 10.1 Å². The van der Waals surface area contributed by atoms with E-state index in [4.69, 9.17) is 4.74 Å². The molecule has 0 spiro atoms. The van der Waals surface area contributed by atoms with E-state index in [0.29, 0.717) is 16.2 Å². The number of carbonyl (C=O) groups is 2. The maximum Gasteiger partial charge on any atom is 0.282 e. The maximum absolute atomic E-state index is 14.5. The van der Waals surface area contributed by atoms with Gasteiger partial charge in [0.25, 0.3) is 11.8 Å². The van der Waals surface area contributed by atoms with Crippen molar-refractivity contribution in [2.45, 2.75) is 20.0 Å². The number of amides is 2. The van der Waals surface area contributed by atoms with Gasteiger partial charge >= 0.3 is 0 Å². The zero-order valence-electron chi connectivity index (χ0n) is 17.7. The van der Waals surface area contributed by atoms with Crippen LogP contribution in [0.3, 0.4) is 0 Å². The van der Waals surface area contributed by atoms with E-state index < -0.39 is 29.3 Å². The summed E-state index contributed by atoms with van der Waals surface area (Å²) in [6, 6.07) is 14.8. The lowest BCUT2D eigenvalue weighted by atomic mass is 10.0. The Hall–Kier alpha value is -4.07. The molecule has 0 radical (unpaired) electrons. The summed E-state index contributed by atoms with van der Waals surface area (Å²) in [5.74, 6) is -3.96. The second kappa shape index (κ2) is 8.82. The number of para-hydroxylation sites is 1. The zero-order valence-corrected chi connectivity index (χ0v) is 17.7. The van der Waals surface area contributed by atoms with Crippen LogP contribution in [0.4, 0.5) is 24.5 Å². The van der Waals surface area contributed by atoms with Crippen LogP contribution >= 0.6 is 0 Å². The molecule has 5 nitrogen and oxygen atoms in total. The molecule has 0 saturated heterocycles. The van der Waals surface area contributed by atoms with Crippen LogP contribution < -0.4 is 15.0 Å². The fourth-order valence-electron chi connectivity index (χ4n) is 3.46. The topological polar surface area (TPSA) is 58.6 Å². The van der Waals surface area contributed by atoms with Crippen LogP contribution in [0.5, 0.6) is 5.75 Å². The van der Waals surface area contributed by atoms with Gasteiger partial charge in [0, 0.05) is 11.8 Å². The Morgan fingerprint density at radius 2 is 1.52 bits per heavy atom. The number of carbonyl (C=O) groups excluding carboxylic acids is 2. The lowest BCUT2D eigenvalue weighted by Crippen LogP contribution is -2.33. The minimum absolute atomic E-state index is 0.0379. The Kier molecular flexibility index (Phi) is 5.91. The summed E-state index contributed by atoms with van der Waals surface area (Å²) >= 11 is 0. The largest absolute Gasteiger partial charge is 0.491 e. The van der Waals surface area contributed by atoms with Gasteiger partial charge in [-0.25, -0.2) is 18.1 Å². The molecule has 4 rings (SSSR count). The van der Waals surface area contributed by atoms with Crippen LogP contribution in [0.2, 0.25) is 0 Å². The van der Waals surface area contributed by atoms with E-state index in [-0.39, 0.29) is 28.7 Å².